The van der Waals surface area contributed by atoms with Crippen LogP contribution in [0.2, 0.25) is 0 Å². The normalized spacial score (nSPS) is 9.07. The summed E-state index contributed by atoms with van der Waals surface area (Å²) in [7, 11) is 1.66. The second kappa shape index (κ2) is 10.5. The fourth-order valence-corrected chi connectivity index (χ4v) is 1.58. The maximum atomic E-state index is 4.95. The molecule has 0 spiro atoms. The molecule has 0 fully saturated rings. The molecule has 0 N–H and O–H groups in total. The maximum Gasteiger partial charge on any atom is 0.118 e. The molecule has 0 amide bonds. The first kappa shape index (κ1) is 15.0. The first-order chi connectivity index (χ1) is 7.24. The summed E-state index contributed by atoms with van der Waals surface area (Å²) in [6, 6.07) is 7.70. The third-order valence-electron chi connectivity index (χ3n) is 1.79. The van der Waals surface area contributed by atoms with Crippen molar-refractivity contribution in [3.63, 3.8) is 0 Å². The predicted octanol–water partition coefficient (Wildman–Crippen LogP) is 5.03. The molecular weight excluding hydrogens is 320 g/mol. The van der Waals surface area contributed by atoms with Gasteiger partial charge in [0.1, 0.15) is 5.75 Å². The molecule has 0 aliphatic rings. The number of methoxy groups -OCH3 is 1. The molecule has 0 aliphatic heterocycles. The molecule has 0 radical (unpaired) electrons. The number of unbranched alkanes of at least 4 members (excludes halogenated alkanes) is 2. The van der Waals surface area contributed by atoms with Gasteiger partial charge >= 0.3 is 0 Å². The van der Waals surface area contributed by atoms with Crippen LogP contribution in [-0.4, -0.2) is 12.4 Å². The Hall–Kier alpha value is -0.0200. The van der Waals surface area contributed by atoms with Crippen molar-refractivity contribution in [1.29, 1.82) is 0 Å². The zero-order chi connectivity index (χ0) is 11.5. The van der Waals surface area contributed by atoms with Gasteiger partial charge in [0, 0.05) is 9.80 Å². The van der Waals surface area contributed by atoms with Crippen molar-refractivity contribution in [3.8, 4) is 5.75 Å². The van der Waals surface area contributed by atoms with Gasteiger partial charge in [-0.1, -0.05) is 51.6 Å². The van der Waals surface area contributed by atoms with Crippen molar-refractivity contribution in [1.82, 2.24) is 0 Å². The summed E-state index contributed by atoms with van der Waals surface area (Å²) in [6.45, 7) is 2.21. The lowest BCUT2D eigenvalue weighted by Gasteiger charge is -1.96. The van der Waals surface area contributed by atoms with E-state index >= 15 is 0 Å². The zero-order valence-electron chi connectivity index (χ0n) is 9.30. The maximum absolute atomic E-state index is 4.95. The van der Waals surface area contributed by atoms with E-state index in [1.165, 1.54) is 24.6 Å². The quantitative estimate of drug-likeness (QED) is 0.553. The molecule has 1 aromatic rings. The lowest BCUT2D eigenvalue weighted by Crippen LogP contribution is -1.79. The first-order valence-electron chi connectivity index (χ1n) is 5.10. The van der Waals surface area contributed by atoms with Crippen LogP contribution in [0.1, 0.15) is 26.2 Å². The zero-order valence-corrected chi connectivity index (χ0v) is 12.5. The highest BCUT2D eigenvalue weighted by atomic mass is 79.9. The predicted molar refractivity (Wildman–Crippen MR) is 74.0 cm³/mol. The summed E-state index contributed by atoms with van der Waals surface area (Å²) in [6.07, 6.45) is 4.02. The molecule has 0 bridgehead atoms. The fourth-order valence-electron chi connectivity index (χ4n) is 0.915. The average molecular weight is 338 g/mol. The highest BCUT2D eigenvalue weighted by molar-refractivity contribution is 9.10. The van der Waals surface area contributed by atoms with E-state index in [1.807, 2.05) is 24.3 Å². The van der Waals surface area contributed by atoms with Crippen LogP contribution < -0.4 is 4.74 Å². The highest BCUT2D eigenvalue weighted by Gasteiger charge is 1.86. The number of hydrogen-bond acceptors (Lipinski definition) is 1. The Morgan fingerprint density at radius 2 is 1.73 bits per heavy atom. The summed E-state index contributed by atoms with van der Waals surface area (Å²) in [5.74, 6) is 0.887. The van der Waals surface area contributed by atoms with Crippen molar-refractivity contribution in [2.24, 2.45) is 0 Å². The van der Waals surface area contributed by atoms with Gasteiger partial charge in [0.2, 0.25) is 0 Å². The molecule has 3 heteroatoms. The van der Waals surface area contributed by atoms with E-state index in [-0.39, 0.29) is 0 Å². The minimum absolute atomic E-state index is 0.887. The van der Waals surface area contributed by atoms with Gasteiger partial charge in [-0.2, -0.15) is 0 Å². The molecule has 0 unspecified atom stereocenters. The Morgan fingerprint density at radius 1 is 1.13 bits per heavy atom. The highest BCUT2D eigenvalue weighted by Crippen LogP contribution is 2.14. The second-order valence-corrected chi connectivity index (χ2v) is 4.76. The smallest absolute Gasteiger partial charge is 0.118 e. The fraction of sp³-hybridized carbons (Fsp3) is 0.500. The second-order valence-electron chi connectivity index (χ2n) is 3.05. The monoisotopic (exact) mass is 336 g/mol. The van der Waals surface area contributed by atoms with E-state index in [4.69, 9.17) is 4.74 Å². The van der Waals surface area contributed by atoms with Gasteiger partial charge in [0.05, 0.1) is 7.11 Å². The topological polar surface area (TPSA) is 9.23 Å². The minimum atomic E-state index is 0.887. The lowest BCUT2D eigenvalue weighted by molar-refractivity contribution is 0.414. The van der Waals surface area contributed by atoms with E-state index in [0.717, 1.165) is 10.2 Å². The van der Waals surface area contributed by atoms with Gasteiger partial charge in [0.15, 0.2) is 0 Å². The van der Waals surface area contributed by atoms with Crippen molar-refractivity contribution in [2.45, 2.75) is 26.2 Å². The molecule has 86 valence electrons. The summed E-state index contributed by atoms with van der Waals surface area (Å²) < 4.78 is 6.02. The molecule has 1 rings (SSSR count). The molecule has 0 aliphatic carbocycles. The number of hydrogen-bond donors (Lipinski definition) is 0. The van der Waals surface area contributed by atoms with Crippen molar-refractivity contribution in [3.05, 3.63) is 28.7 Å². The van der Waals surface area contributed by atoms with Crippen molar-refractivity contribution >= 4 is 31.9 Å². The van der Waals surface area contributed by atoms with Crippen LogP contribution >= 0.6 is 31.9 Å². The third-order valence-corrected chi connectivity index (χ3v) is 2.88. The van der Waals surface area contributed by atoms with Crippen molar-refractivity contribution in [2.75, 3.05) is 12.4 Å². The summed E-state index contributed by atoms with van der Waals surface area (Å²) in [5.41, 5.74) is 0. The molecule has 0 saturated carbocycles. The van der Waals surface area contributed by atoms with Gasteiger partial charge in [-0.25, -0.2) is 0 Å². The molecule has 0 atom stereocenters. The van der Waals surface area contributed by atoms with Crippen LogP contribution in [-0.2, 0) is 0 Å². The Labute approximate surface area is 109 Å². The van der Waals surface area contributed by atoms with Crippen LogP contribution in [0.15, 0.2) is 28.7 Å². The van der Waals surface area contributed by atoms with Gasteiger partial charge in [-0.05, 0) is 30.7 Å². The Morgan fingerprint density at radius 3 is 2.07 bits per heavy atom. The van der Waals surface area contributed by atoms with Crippen LogP contribution in [0.5, 0.6) is 5.75 Å². The molecule has 0 aromatic heterocycles. The van der Waals surface area contributed by atoms with Crippen LogP contribution in [0.4, 0.5) is 0 Å². The Balaban J connectivity index is 0.000000288. The largest absolute Gasteiger partial charge is 0.497 e. The number of rotatable bonds is 4. The molecule has 0 heterocycles. The molecule has 1 nitrogen and oxygen atoms in total. The van der Waals surface area contributed by atoms with E-state index in [0.29, 0.717) is 0 Å². The van der Waals surface area contributed by atoms with E-state index < -0.39 is 0 Å². The van der Waals surface area contributed by atoms with Gasteiger partial charge in [-0.3, -0.25) is 0 Å². The van der Waals surface area contributed by atoms with Crippen LogP contribution in [0.25, 0.3) is 0 Å². The van der Waals surface area contributed by atoms with Gasteiger partial charge < -0.3 is 4.74 Å². The van der Waals surface area contributed by atoms with Gasteiger partial charge in [-0.15, -0.1) is 0 Å². The lowest BCUT2D eigenvalue weighted by atomic mass is 10.3. The Bertz CT molecular complexity index is 230. The number of benzene rings is 1. The summed E-state index contributed by atoms with van der Waals surface area (Å²) in [5, 5.41) is 1.17. The number of alkyl halides is 1. The SMILES string of the molecule is CCCCCBr.COc1ccc(Br)cc1. The molecular formula is C12H18Br2O. The molecule has 1 aromatic carbocycles. The van der Waals surface area contributed by atoms with E-state index in [1.54, 1.807) is 7.11 Å². The van der Waals surface area contributed by atoms with Crippen molar-refractivity contribution < 1.29 is 4.74 Å². The summed E-state index contributed by atoms with van der Waals surface area (Å²) >= 11 is 6.67. The van der Waals surface area contributed by atoms with E-state index in [2.05, 4.69) is 38.8 Å². The Kier molecular flexibility index (Phi) is 10.5. The molecule has 0 saturated heterocycles. The standard InChI is InChI=1S/C7H7BrO.C5H11Br/c1-9-7-4-2-6(8)3-5-7;1-2-3-4-5-6/h2-5H,1H3;2-5H2,1H3. The van der Waals surface area contributed by atoms with Crippen LogP contribution in [0, 0.1) is 0 Å². The molecule has 15 heavy (non-hydrogen) atoms. The van der Waals surface area contributed by atoms with Crippen LogP contribution in [0.3, 0.4) is 0 Å². The number of halogens is 2. The number of ether oxygens (including phenoxy) is 1. The van der Waals surface area contributed by atoms with E-state index in [9.17, 15) is 0 Å². The minimum Gasteiger partial charge on any atom is -0.497 e. The third kappa shape index (κ3) is 8.94. The average Bonchev–Trinajstić information content (AvgIpc) is 2.28. The summed E-state index contributed by atoms with van der Waals surface area (Å²) in [4.78, 5) is 0. The van der Waals surface area contributed by atoms with Gasteiger partial charge in [0.25, 0.3) is 0 Å². The first-order valence-corrected chi connectivity index (χ1v) is 7.01.